The van der Waals surface area contributed by atoms with Crippen LogP contribution in [0.2, 0.25) is 5.02 Å². The van der Waals surface area contributed by atoms with Gasteiger partial charge in [0.25, 0.3) is 5.78 Å². The Morgan fingerprint density at radius 2 is 1.83 bits per heavy atom. The van der Waals surface area contributed by atoms with E-state index in [-0.39, 0.29) is 6.61 Å². The number of aromatic carboxylic acids is 1. The zero-order chi connectivity index (χ0) is 19.1. The number of ketones is 1. The molecule has 0 bridgehead atoms. The van der Waals surface area contributed by atoms with Gasteiger partial charge in [-0.1, -0.05) is 11.6 Å². The average Bonchev–Trinajstić information content (AvgIpc) is 2.45. The molecule has 1 atom stereocenters. The molecule has 1 unspecified atom stereocenters. The van der Waals surface area contributed by atoms with E-state index < -0.39 is 29.3 Å². The third-order valence-electron chi connectivity index (χ3n) is 2.42. The van der Waals surface area contributed by atoms with Crippen molar-refractivity contribution in [2.75, 3.05) is 6.61 Å². The third kappa shape index (κ3) is 7.18. The van der Waals surface area contributed by atoms with E-state index in [4.69, 9.17) is 28.3 Å². The molecule has 10 heteroatoms. The normalized spacial score (nSPS) is 11.8. The molecule has 1 rings (SSSR count). The molecule has 0 amide bonds. The van der Waals surface area contributed by atoms with Gasteiger partial charge < -0.3 is 9.84 Å². The van der Waals surface area contributed by atoms with Crippen LogP contribution in [0.1, 0.15) is 22.8 Å². The monoisotopic (exact) mass is 388 g/mol. The maximum atomic E-state index is 11.7. The van der Waals surface area contributed by atoms with Gasteiger partial charge in [0.05, 0.1) is 12.2 Å². The van der Waals surface area contributed by atoms with Crippen LogP contribution in [-0.4, -0.2) is 41.0 Å². The van der Waals surface area contributed by atoms with Crippen LogP contribution in [0.15, 0.2) is 18.2 Å². The van der Waals surface area contributed by atoms with Gasteiger partial charge in [-0.25, -0.2) is 9.59 Å². The highest BCUT2D eigenvalue weighted by molar-refractivity contribution is 6.41. The van der Waals surface area contributed by atoms with Crippen LogP contribution < -0.4 is 0 Å². The first-order valence-corrected chi connectivity index (χ1v) is 7.14. The molecule has 1 aromatic rings. The number of carbonyl (C=O) groups excluding carboxylic acids is 2. The Morgan fingerprint density at radius 3 is 2.21 bits per heavy atom. The topological polar surface area (TPSA) is 80.7 Å². The van der Waals surface area contributed by atoms with Crippen LogP contribution in [0.3, 0.4) is 0 Å². The van der Waals surface area contributed by atoms with Gasteiger partial charge >= 0.3 is 18.1 Å². The molecule has 0 aromatic heterocycles. The predicted octanol–water partition coefficient (Wildman–Crippen LogP) is 3.63. The number of ether oxygens (including phenoxy) is 1. The van der Waals surface area contributed by atoms with Crippen molar-refractivity contribution in [2.24, 2.45) is 0 Å². The van der Waals surface area contributed by atoms with Crippen molar-refractivity contribution in [3.05, 3.63) is 34.3 Å². The number of Topliss-reactive ketones (excluding diaryl/α,β-unsaturated/α-hetero) is 1. The number of carbonyl (C=O) groups is 3. The standard InChI is InChI=1S/C8H7ClO2.C6H6ClF3O3/c1-5-4-6(9)2-3-7(5)8(10)11;1-2-13-5(12)3(7)4(11)6(8,9)10/h2-4H,1H3,(H,10,11);3H,2H2,1H3. The Labute approximate surface area is 145 Å². The molecule has 24 heavy (non-hydrogen) atoms. The van der Waals surface area contributed by atoms with Gasteiger partial charge in [-0.15, -0.1) is 11.6 Å². The Bertz CT molecular complexity index is 617. The second-order valence-electron chi connectivity index (χ2n) is 4.24. The molecular formula is C14H13Cl2F3O5. The van der Waals surface area contributed by atoms with E-state index in [9.17, 15) is 27.6 Å². The number of hydrogen-bond acceptors (Lipinski definition) is 4. The summed E-state index contributed by atoms with van der Waals surface area (Å²) in [5.41, 5.74) is 0.986. The minimum atomic E-state index is -5.11. The summed E-state index contributed by atoms with van der Waals surface area (Å²) in [5, 5.41) is 6.87. The Kier molecular flexibility index (Phi) is 8.77. The van der Waals surface area contributed by atoms with Crippen molar-refractivity contribution >= 4 is 40.9 Å². The number of esters is 1. The molecule has 0 heterocycles. The molecular weight excluding hydrogens is 376 g/mol. The summed E-state index contributed by atoms with van der Waals surface area (Å²) in [7, 11) is 0. The van der Waals surface area contributed by atoms with Crippen LogP contribution in [0, 0.1) is 6.92 Å². The lowest BCUT2D eigenvalue weighted by Crippen LogP contribution is -2.37. The summed E-state index contributed by atoms with van der Waals surface area (Å²) < 4.78 is 39.1. The van der Waals surface area contributed by atoms with E-state index >= 15 is 0 Å². The second-order valence-corrected chi connectivity index (χ2v) is 5.11. The second kappa shape index (κ2) is 9.48. The highest BCUT2D eigenvalue weighted by atomic mass is 35.5. The van der Waals surface area contributed by atoms with Crippen LogP contribution in [-0.2, 0) is 14.3 Å². The van der Waals surface area contributed by atoms with E-state index in [0.717, 1.165) is 0 Å². The van der Waals surface area contributed by atoms with E-state index in [1.165, 1.54) is 13.0 Å². The average molecular weight is 389 g/mol. The minimum absolute atomic E-state index is 0.132. The van der Waals surface area contributed by atoms with Gasteiger partial charge in [0, 0.05) is 5.02 Å². The van der Waals surface area contributed by atoms with Crippen molar-refractivity contribution in [3.63, 3.8) is 0 Å². The van der Waals surface area contributed by atoms with Crippen LogP contribution in [0.5, 0.6) is 0 Å². The van der Waals surface area contributed by atoms with Gasteiger partial charge in [-0.05, 0) is 37.6 Å². The predicted molar refractivity (Wildman–Crippen MR) is 80.5 cm³/mol. The van der Waals surface area contributed by atoms with Gasteiger partial charge in [-0.3, -0.25) is 4.79 Å². The molecule has 0 spiro atoms. The fourth-order valence-electron chi connectivity index (χ4n) is 1.33. The molecule has 0 radical (unpaired) electrons. The Hall–Kier alpha value is -1.80. The molecule has 0 fully saturated rings. The fraction of sp³-hybridized carbons (Fsp3) is 0.357. The number of carboxylic acids is 1. The number of rotatable bonds is 4. The van der Waals surface area contributed by atoms with E-state index in [1.54, 1.807) is 19.1 Å². The summed E-state index contributed by atoms with van der Waals surface area (Å²) in [6.07, 6.45) is -5.11. The maximum Gasteiger partial charge on any atom is 0.452 e. The summed E-state index contributed by atoms with van der Waals surface area (Å²) in [4.78, 5) is 31.4. The van der Waals surface area contributed by atoms with Gasteiger partial charge in [0.2, 0.25) is 0 Å². The molecule has 1 N–H and O–H groups in total. The van der Waals surface area contributed by atoms with Gasteiger partial charge in [-0.2, -0.15) is 13.2 Å². The lowest BCUT2D eigenvalue weighted by Gasteiger charge is -2.09. The summed E-state index contributed by atoms with van der Waals surface area (Å²) in [6, 6.07) is 4.70. The minimum Gasteiger partial charge on any atom is -0.478 e. The van der Waals surface area contributed by atoms with Gasteiger partial charge in [0.15, 0.2) is 5.38 Å². The quantitative estimate of drug-likeness (QED) is 0.483. The van der Waals surface area contributed by atoms with Crippen LogP contribution >= 0.6 is 23.2 Å². The first kappa shape index (κ1) is 22.2. The number of halogens is 5. The van der Waals surface area contributed by atoms with Crippen molar-refractivity contribution in [2.45, 2.75) is 25.4 Å². The smallest absolute Gasteiger partial charge is 0.452 e. The van der Waals surface area contributed by atoms with Gasteiger partial charge in [0.1, 0.15) is 0 Å². The molecule has 134 valence electrons. The first-order chi connectivity index (χ1) is 10.9. The number of carboxylic acid groups (broad SMARTS) is 1. The SMILES string of the molecule is CCOC(=O)C(Cl)C(=O)C(F)(F)F.Cc1cc(Cl)ccc1C(=O)O. The van der Waals surface area contributed by atoms with Crippen molar-refractivity contribution in [1.29, 1.82) is 0 Å². The molecule has 1 aromatic carbocycles. The van der Waals surface area contributed by atoms with E-state index in [2.05, 4.69) is 4.74 Å². The third-order valence-corrected chi connectivity index (χ3v) is 3.03. The largest absolute Gasteiger partial charge is 0.478 e. The lowest BCUT2D eigenvalue weighted by molar-refractivity contribution is -0.174. The van der Waals surface area contributed by atoms with Crippen LogP contribution in [0.25, 0.3) is 0 Å². The maximum absolute atomic E-state index is 11.7. The van der Waals surface area contributed by atoms with Crippen LogP contribution in [0.4, 0.5) is 13.2 Å². The van der Waals surface area contributed by atoms with E-state index in [1.807, 2.05) is 0 Å². The Balaban J connectivity index is 0.000000446. The Morgan fingerprint density at radius 1 is 1.29 bits per heavy atom. The highest BCUT2D eigenvalue weighted by Gasteiger charge is 2.46. The molecule has 0 saturated heterocycles. The zero-order valence-electron chi connectivity index (χ0n) is 12.5. The molecule has 5 nitrogen and oxygen atoms in total. The van der Waals surface area contributed by atoms with Crippen molar-refractivity contribution < 1.29 is 37.4 Å². The number of aryl methyl sites for hydroxylation is 1. The van der Waals surface area contributed by atoms with Crippen molar-refractivity contribution in [1.82, 2.24) is 0 Å². The number of hydrogen-bond donors (Lipinski definition) is 1. The lowest BCUT2D eigenvalue weighted by atomic mass is 10.1. The molecule has 0 aliphatic heterocycles. The molecule has 0 aliphatic carbocycles. The summed E-state index contributed by atoms with van der Waals surface area (Å²) in [5.74, 6) is -4.61. The zero-order valence-corrected chi connectivity index (χ0v) is 14.0. The summed E-state index contributed by atoms with van der Waals surface area (Å²) >= 11 is 10.5. The molecule has 0 saturated carbocycles. The first-order valence-electron chi connectivity index (χ1n) is 6.33. The van der Waals surface area contributed by atoms with E-state index in [0.29, 0.717) is 16.1 Å². The number of benzene rings is 1. The number of alkyl halides is 4. The fourth-order valence-corrected chi connectivity index (χ4v) is 1.75. The van der Waals surface area contributed by atoms with Crippen molar-refractivity contribution in [3.8, 4) is 0 Å². The highest BCUT2D eigenvalue weighted by Crippen LogP contribution is 2.21. The molecule has 0 aliphatic rings. The summed E-state index contributed by atoms with van der Waals surface area (Å²) in [6.45, 7) is 2.97.